The van der Waals surface area contributed by atoms with Gasteiger partial charge in [-0.1, -0.05) is 13.8 Å². The van der Waals surface area contributed by atoms with Crippen LogP contribution in [-0.4, -0.2) is 23.4 Å². The second kappa shape index (κ2) is 3.97. The minimum absolute atomic E-state index is 0.224. The standard InChI is InChI=1S/C11H22O2/c1-8(2)10-5-11(12,6-10)7-13-9(3)4/h8-10,12H,5-7H2,1-4H3. The topological polar surface area (TPSA) is 29.5 Å². The Morgan fingerprint density at radius 2 is 1.85 bits per heavy atom. The summed E-state index contributed by atoms with van der Waals surface area (Å²) < 4.78 is 5.43. The van der Waals surface area contributed by atoms with Crippen LogP contribution < -0.4 is 0 Å². The van der Waals surface area contributed by atoms with Crippen molar-refractivity contribution < 1.29 is 9.84 Å². The second-order valence-corrected chi connectivity index (χ2v) is 5.00. The minimum atomic E-state index is -0.515. The molecule has 0 spiro atoms. The zero-order valence-corrected chi connectivity index (χ0v) is 9.21. The Labute approximate surface area is 81.3 Å². The fraction of sp³-hybridized carbons (Fsp3) is 1.00. The molecule has 1 fully saturated rings. The lowest BCUT2D eigenvalue weighted by Crippen LogP contribution is -2.49. The molecular formula is C11H22O2. The van der Waals surface area contributed by atoms with Crippen LogP contribution in [0, 0.1) is 11.8 Å². The van der Waals surface area contributed by atoms with Gasteiger partial charge in [-0.3, -0.25) is 0 Å². The summed E-state index contributed by atoms with van der Waals surface area (Å²) in [6.45, 7) is 8.94. The van der Waals surface area contributed by atoms with Gasteiger partial charge in [-0.05, 0) is 38.5 Å². The van der Waals surface area contributed by atoms with Gasteiger partial charge in [0.2, 0.25) is 0 Å². The highest BCUT2D eigenvalue weighted by molar-refractivity contribution is 4.95. The van der Waals surface area contributed by atoms with Crippen molar-refractivity contribution in [2.24, 2.45) is 11.8 Å². The third kappa shape index (κ3) is 2.96. The van der Waals surface area contributed by atoms with Crippen molar-refractivity contribution >= 4 is 0 Å². The molecule has 0 bridgehead atoms. The Morgan fingerprint density at radius 1 is 1.31 bits per heavy atom. The molecule has 2 heteroatoms. The highest BCUT2D eigenvalue weighted by Crippen LogP contribution is 2.42. The Kier molecular flexibility index (Phi) is 3.36. The lowest BCUT2D eigenvalue weighted by atomic mass is 9.66. The molecule has 0 heterocycles. The SMILES string of the molecule is CC(C)OCC1(O)CC(C(C)C)C1. The van der Waals surface area contributed by atoms with Crippen molar-refractivity contribution in [3.8, 4) is 0 Å². The molecule has 1 saturated carbocycles. The van der Waals surface area contributed by atoms with Crippen LogP contribution in [0.5, 0.6) is 0 Å². The first-order valence-corrected chi connectivity index (χ1v) is 5.27. The Bertz CT molecular complexity index is 152. The van der Waals surface area contributed by atoms with Gasteiger partial charge >= 0.3 is 0 Å². The molecule has 0 unspecified atom stereocenters. The first-order chi connectivity index (χ1) is 5.93. The van der Waals surface area contributed by atoms with Crippen LogP contribution in [0.3, 0.4) is 0 Å². The highest BCUT2D eigenvalue weighted by atomic mass is 16.5. The summed E-state index contributed by atoms with van der Waals surface area (Å²) in [5, 5.41) is 9.95. The van der Waals surface area contributed by atoms with Crippen LogP contribution in [0.25, 0.3) is 0 Å². The van der Waals surface area contributed by atoms with Crippen molar-refractivity contribution in [1.82, 2.24) is 0 Å². The molecule has 0 saturated heterocycles. The largest absolute Gasteiger partial charge is 0.387 e. The maximum absolute atomic E-state index is 9.95. The van der Waals surface area contributed by atoms with E-state index in [0.717, 1.165) is 12.8 Å². The van der Waals surface area contributed by atoms with Crippen molar-refractivity contribution in [3.63, 3.8) is 0 Å². The van der Waals surface area contributed by atoms with E-state index in [1.54, 1.807) is 0 Å². The summed E-state index contributed by atoms with van der Waals surface area (Å²) in [4.78, 5) is 0. The number of hydrogen-bond donors (Lipinski definition) is 1. The molecule has 0 atom stereocenters. The van der Waals surface area contributed by atoms with Gasteiger partial charge in [-0.2, -0.15) is 0 Å². The van der Waals surface area contributed by atoms with Gasteiger partial charge in [0.15, 0.2) is 0 Å². The fourth-order valence-corrected chi connectivity index (χ4v) is 1.83. The monoisotopic (exact) mass is 186 g/mol. The normalized spacial score (nSPS) is 33.9. The van der Waals surface area contributed by atoms with E-state index < -0.39 is 5.60 Å². The van der Waals surface area contributed by atoms with Gasteiger partial charge < -0.3 is 9.84 Å². The summed E-state index contributed by atoms with van der Waals surface area (Å²) in [5.41, 5.74) is -0.515. The molecule has 2 nitrogen and oxygen atoms in total. The smallest absolute Gasteiger partial charge is 0.0885 e. The molecular weight excluding hydrogens is 164 g/mol. The maximum atomic E-state index is 9.95. The Balaban J connectivity index is 2.22. The van der Waals surface area contributed by atoms with Crippen molar-refractivity contribution in [2.75, 3.05) is 6.61 Å². The summed E-state index contributed by atoms with van der Waals surface area (Å²) in [7, 11) is 0. The van der Waals surface area contributed by atoms with E-state index in [-0.39, 0.29) is 6.10 Å². The van der Waals surface area contributed by atoms with Crippen LogP contribution in [0.15, 0.2) is 0 Å². The maximum Gasteiger partial charge on any atom is 0.0885 e. The second-order valence-electron chi connectivity index (χ2n) is 5.00. The van der Waals surface area contributed by atoms with Gasteiger partial charge in [-0.15, -0.1) is 0 Å². The van der Waals surface area contributed by atoms with Crippen LogP contribution in [0.4, 0.5) is 0 Å². The summed E-state index contributed by atoms with van der Waals surface area (Å²) in [6, 6.07) is 0. The number of hydrogen-bond acceptors (Lipinski definition) is 2. The third-order valence-electron chi connectivity index (χ3n) is 2.91. The summed E-state index contributed by atoms with van der Waals surface area (Å²) in [6.07, 6.45) is 2.05. The molecule has 13 heavy (non-hydrogen) atoms. The van der Waals surface area contributed by atoms with Gasteiger partial charge in [0.1, 0.15) is 0 Å². The van der Waals surface area contributed by atoms with E-state index in [2.05, 4.69) is 13.8 Å². The fourth-order valence-electron chi connectivity index (χ4n) is 1.83. The molecule has 0 amide bonds. The van der Waals surface area contributed by atoms with E-state index in [0.29, 0.717) is 18.4 Å². The molecule has 0 aromatic rings. The number of rotatable bonds is 4. The molecule has 1 rings (SSSR count). The molecule has 1 aliphatic carbocycles. The molecule has 0 radical (unpaired) electrons. The van der Waals surface area contributed by atoms with E-state index in [1.807, 2.05) is 13.8 Å². The van der Waals surface area contributed by atoms with Gasteiger partial charge in [-0.25, -0.2) is 0 Å². The quantitative estimate of drug-likeness (QED) is 0.729. The van der Waals surface area contributed by atoms with Gasteiger partial charge in [0, 0.05) is 0 Å². The lowest BCUT2D eigenvalue weighted by molar-refractivity contribution is -0.142. The zero-order valence-electron chi connectivity index (χ0n) is 9.21. The lowest BCUT2D eigenvalue weighted by Gasteiger charge is -2.45. The van der Waals surface area contributed by atoms with E-state index in [1.165, 1.54) is 0 Å². The van der Waals surface area contributed by atoms with E-state index in [9.17, 15) is 5.11 Å². The molecule has 78 valence electrons. The van der Waals surface area contributed by atoms with Crippen LogP contribution in [-0.2, 0) is 4.74 Å². The van der Waals surface area contributed by atoms with Gasteiger partial charge in [0.05, 0.1) is 18.3 Å². The average molecular weight is 186 g/mol. The summed E-state index contributed by atoms with van der Waals surface area (Å²) >= 11 is 0. The van der Waals surface area contributed by atoms with Crippen LogP contribution in [0.2, 0.25) is 0 Å². The highest BCUT2D eigenvalue weighted by Gasteiger charge is 2.43. The minimum Gasteiger partial charge on any atom is -0.387 e. The molecule has 0 aromatic carbocycles. The third-order valence-corrected chi connectivity index (χ3v) is 2.91. The van der Waals surface area contributed by atoms with Crippen molar-refractivity contribution in [1.29, 1.82) is 0 Å². The molecule has 0 aliphatic heterocycles. The molecule has 1 N–H and O–H groups in total. The average Bonchev–Trinajstić information content (AvgIpc) is 1.95. The van der Waals surface area contributed by atoms with E-state index in [4.69, 9.17) is 4.74 Å². The van der Waals surface area contributed by atoms with Crippen LogP contribution >= 0.6 is 0 Å². The van der Waals surface area contributed by atoms with Crippen LogP contribution in [0.1, 0.15) is 40.5 Å². The first-order valence-electron chi connectivity index (χ1n) is 5.27. The Hall–Kier alpha value is -0.0800. The zero-order chi connectivity index (χ0) is 10.1. The van der Waals surface area contributed by atoms with E-state index >= 15 is 0 Å². The first kappa shape index (κ1) is 11.0. The van der Waals surface area contributed by atoms with Crippen molar-refractivity contribution in [3.05, 3.63) is 0 Å². The Morgan fingerprint density at radius 3 is 2.23 bits per heavy atom. The number of ether oxygens (including phenoxy) is 1. The predicted molar refractivity (Wildman–Crippen MR) is 53.6 cm³/mol. The predicted octanol–water partition coefficient (Wildman–Crippen LogP) is 2.21. The molecule has 1 aliphatic rings. The molecule has 0 aromatic heterocycles. The van der Waals surface area contributed by atoms with Crippen molar-refractivity contribution in [2.45, 2.75) is 52.2 Å². The number of aliphatic hydroxyl groups is 1. The van der Waals surface area contributed by atoms with Gasteiger partial charge in [0.25, 0.3) is 0 Å². The summed E-state index contributed by atoms with van der Waals surface area (Å²) in [5.74, 6) is 1.39.